The molecule has 3 aromatic rings. The molecule has 0 aliphatic carbocycles. The minimum absolute atomic E-state index is 0.0127. The maximum absolute atomic E-state index is 12.3. The predicted octanol–water partition coefficient (Wildman–Crippen LogP) is 1.69. The van der Waals surface area contributed by atoms with Crippen LogP contribution in [0.1, 0.15) is 21.7 Å². The number of fused-ring (bicyclic) bond motifs is 1. The van der Waals surface area contributed by atoms with Crippen molar-refractivity contribution < 1.29 is 14.4 Å². The Morgan fingerprint density at radius 2 is 2.08 bits per heavy atom. The molecule has 26 heavy (non-hydrogen) atoms. The van der Waals surface area contributed by atoms with Gasteiger partial charge in [0.1, 0.15) is 6.54 Å². The summed E-state index contributed by atoms with van der Waals surface area (Å²) in [5.74, 6) is -0.571. The van der Waals surface area contributed by atoms with Gasteiger partial charge in [-0.25, -0.2) is 9.78 Å². The zero-order chi connectivity index (χ0) is 18.3. The number of nitrogens with one attached hydrogen (secondary N) is 2. The van der Waals surface area contributed by atoms with Crippen LogP contribution < -0.4 is 15.5 Å². The molecule has 1 aliphatic rings. The summed E-state index contributed by atoms with van der Waals surface area (Å²) in [6, 6.07) is 6.07. The third-order valence-electron chi connectivity index (χ3n) is 4.10. The van der Waals surface area contributed by atoms with Crippen molar-refractivity contribution in [2.45, 2.75) is 13.5 Å². The lowest BCUT2D eigenvalue weighted by atomic mass is 10.2. The topological polar surface area (TPSA) is 95.8 Å². The molecule has 4 rings (SSSR count). The van der Waals surface area contributed by atoms with Crippen LogP contribution in [-0.2, 0) is 11.3 Å². The molecule has 0 bridgehead atoms. The lowest BCUT2D eigenvalue weighted by molar-refractivity contribution is -0.117. The van der Waals surface area contributed by atoms with Crippen LogP contribution in [0.5, 0.6) is 0 Å². The fourth-order valence-electron chi connectivity index (χ4n) is 2.74. The molecule has 8 nitrogen and oxygen atoms in total. The number of imide groups is 1. The number of amides is 4. The van der Waals surface area contributed by atoms with Gasteiger partial charge in [-0.05, 0) is 31.2 Å². The molecule has 0 unspecified atom stereocenters. The van der Waals surface area contributed by atoms with E-state index >= 15 is 0 Å². The molecule has 2 N–H and O–H groups in total. The van der Waals surface area contributed by atoms with E-state index in [-0.39, 0.29) is 18.4 Å². The van der Waals surface area contributed by atoms with Gasteiger partial charge in [0.25, 0.3) is 5.91 Å². The van der Waals surface area contributed by atoms with Crippen molar-refractivity contribution in [3.05, 3.63) is 52.8 Å². The van der Waals surface area contributed by atoms with E-state index in [1.54, 1.807) is 35.6 Å². The summed E-state index contributed by atoms with van der Waals surface area (Å²) in [6.07, 6.45) is 1.91. The van der Waals surface area contributed by atoms with Gasteiger partial charge < -0.3 is 5.32 Å². The number of carbonyl (C=O) groups excluding carboxylic acids is 3. The number of imidazole rings is 1. The third-order valence-corrected chi connectivity index (χ3v) is 5.06. The number of aromatic nitrogens is 2. The zero-order valence-corrected chi connectivity index (χ0v) is 14.7. The van der Waals surface area contributed by atoms with Gasteiger partial charge in [0.2, 0.25) is 5.91 Å². The zero-order valence-electron chi connectivity index (χ0n) is 13.9. The van der Waals surface area contributed by atoms with Crippen molar-refractivity contribution >= 4 is 39.8 Å². The van der Waals surface area contributed by atoms with Crippen LogP contribution in [0.3, 0.4) is 0 Å². The Bertz CT molecular complexity index is 1020. The van der Waals surface area contributed by atoms with E-state index in [4.69, 9.17) is 0 Å². The lowest BCUT2D eigenvalue weighted by Crippen LogP contribution is -2.28. The molecule has 0 atom stereocenters. The fraction of sp³-hybridized carbons (Fsp3) is 0.176. The van der Waals surface area contributed by atoms with Crippen LogP contribution >= 0.6 is 11.3 Å². The number of rotatable bonds is 4. The van der Waals surface area contributed by atoms with E-state index in [9.17, 15) is 14.4 Å². The number of benzene rings is 1. The molecule has 0 radical (unpaired) electrons. The molecule has 2 aromatic heterocycles. The van der Waals surface area contributed by atoms with E-state index in [1.165, 1.54) is 4.90 Å². The first-order valence-electron chi connectivity index (χ1n) is 7.93. The summed E-state index contributed by atoms with van der Waals surface area (Å²) >= 11 is 1.56. The minimum Gasteiger partial charge on any atom is -0.346 e. The highest BCUT2D eigenvalue weighted by molar-refractivity contribution is 7.15. The minimum atomic E-state index is -0.456. The Hall–Kier alpha value is -3.20. The summed E-state index contributed by atoms with van der Waals surface area (Å²) < 4.78 is 1.99. The smallest absolute Gasteiger partial charge is 0.329 e. The molecular formula is C17H15N5O3S. The van der Waals surface area contributed by atoms with Crippen molar-refractivity contribution in [1.29, 1.82) is 0 Å². The highest BCUT2D eigenvalue weighted by Crippen LogP contribution is 2.18. The summed E-state index contributed by atoms with van der Waals surface area (Å²) in [5, 5.41) is 7.08. The van der Waals surface area contributed by atoms with E-state index in [0.29, 0.717) is 17.8 Å². The number of anilines is 1. The van der Waals surface area contributed by atoms with Crippen LogP contribution in [0.4, 0.5) is 10.5 Å². The number of hydrogen-bond acceptors (Lipinski definition) is 5. The molecule has 1 fully saturated rings. The second-order valence-corrected chi connectivity index (χ2v) is 6.77. The van der Waals surface area contributed by atoms with Crippen LogP contribution in [0.25, 0.3) is 4.96 Å². The Balaban J connectivity index is 1.41. The van der Waals surface area contributed by atoms with Gasteiger partial charge in [0.05, 0.1) is 12.2 Å². The van der Waals surface area contributed by atoms with Crippen molar-refractivity contribution in [3.63, 3.8) is 0 Å². The average Bonchev–Trinajstić information content (AvgIpc) is 3.29. The van der Waals surface area contributed by atoms with Crippen molar-refractivity contribution in [1.82, 2.24) is 20.0 Å². The molecule has 9 heteroatoms. The van der Waals surface area contributed by atoms with Gasteiger partial charge in [-0.3, -0.25) is 24.2 Å². The number of urea groups is 1. The van der Waals surface area contributed by atoms with Gasteiger partial charge in [0, 0.05) is 28.5 Å². The van der Waals surface area contributed by atoms with Crippen molar-refractivity contribution in [3.8, 4) is 0 Å². The van der Waals surface area contributed by atoms with E-state index in [0.717, 1.165) is 16.3 Å². The van der Waals surface area contributed by atoms with Gasteiger partial charge in [-0.2, -0.15) is 0 Å². The monoisotopic (exact) mass is 369 g/mol. The highest BCUT2D eigenvalue weighted by Gasteiger charge is 2.27. The number of hydrogen-bond donors (Lipinski definition) is 2. The second-order valence-electron chi connectivity index (χ2n) is 5.93. The van der Waals surface area contributed by atoms with Crippen molar-refractivity contribution in [2.75, 3.05) is 11.4 Å². The van der Waals surface area contributed by atoms with Crippen molar-refractivity contribution in [2.24, 2.45) is 0 Å². The summed E-state index contributed by atoms with van der Waals surface area (Å²) in [4.78, 5) is 41.9. The Labute approximate surface area is 152 Å². The summed E-state index contributed by atoms with van der Waals surface area (Å²) in [5.41, 5.74) is 2.93. The third kappa shape index (κ3) is 2.93. The first-order valence-corrected chi connectivity index (χ1v) is 8.81. The molecule has 1 aromatic carbocycles. The van der Waals surface area contributed by atoms with Crippen LogP contribution in [0.15, 0.2) is 35.8 Å². The molecule has 1 saturated heterocycles. The normalized spacial score (nSPS) is 14.1. The van der Waals surface area contributed by atoms with Gasteiger partial charge >= 0.3 is 6.03 Å². The quantitative estimate of drug-likeness (QED) is 0.684. The summed E-state index contributed by atoms with van der Waals surface area (Å²) in [6.45, 7) is 2.32. The van der Waals surface area contributed by atoms with E-state index < -0.39 is 6.03 Å². The fourth-order valence-corrected chi connectivity index (χ4v) is 3.61. The molecular weight excluding hydrogens is 354 g/mol. The van der Waals surface area contributed by atoms with Gasteiger partial charge in [-0.15, -0.1) is 11.3 Å². The van der Waals surface area contributed by atoms with Crippen LogP contribution in [0, 0.1) is 6.92 Å². The Morgan fingerprint density at radius 3 is 2.73 bits per heavy atom. The average molecular weight is 369 g/mol. The molecule has 0 saturated carbocycles. The predicted molar refractivity (Wildman–Crippen MR) is 96.3 cm³/mol. The number of thiazole rings is 1. The molecule has 4 amide bonds. The standard InChI is InChI=1S/C17H15N5O3S/c1-10-9-26-17-19-12(7-21(10)17)6-18-15(24)11-2-4-13(5-3-11)22-8-14(23)20-16(22)25/h2-5,7,9H,6,8H2,1H3,(H,18,24)(H,20,23,25). The van der Waals surface area contributed by atoms with E-state index in [1.807, 2.05) is 22.9 Å². The first kappa shape index (κ1) is 16.3. The van der Waals surface area contributed by atoms with Crippen LogP contribution in [0.2, 0.25) is 0 Å². The van der Waals surface area contributed by atoms with Crippen LogP contribution in [-0.4, -0.2) is 33.8 Å². The lowest BCUT2D eigenvalue weighted by Gasteiger charge is -2.13. The van der Waals surface area contributed by atoms with Gasteiger partial charge in [-0.1, -0.05) is 0 Å². The molecule has 0 spiro atoms. The molecule has 3 heterocycles. The van der Waals surface area contributed by atoms with E-state index in [2.05, 4.69) is 15.6 Å². The number of aryl methyl sites for hydroxylation is 1. The Kier molecular flexibility index (Phi) is 3.92. The summed E-state index contributed by atoms with van der Waals surface area (Å²) in [7, 11) is 0. The van der Waals surface area contributed by atoms with Gasteiger partial charge in [0.15, 0.2) is 4.96 Å². The first-order chi connectivity index (χ1) is 12.5. The number of nitrogens with zero attached hydrogens (tertiary/aromatic N) is 3. The molecule has 132 valence electrons. The Morgan fingerprint density at radius 1 is 1.31 bits per heavy atom. The maximum atomic E-state index is 12.3. The SMILES string of the molecule is Cc1csc2nc(CNC(=O)c3ccc(N4CC(=O)NC4=O)cc3)cn12. The number of carbonyl (C=O) groups is 3. The second kappa shape index (κ2) is 6.26. The molecule has 1 aliphatic heterocycles. The largest absolute Gasteiger partial charge is 0.346 e. The highest BCUT2D eigenvalue weighted by atomic mass is 32.1. The maximum Gasteiger partial charge on any atom is 0.329 e.